The van der Waals surface area contributed by atoms with Gasteiger partial charge in [0.15, 0.2) is 0 Å². The number of methoxy groups -OCH3 is 1. The van der Waals surface area contributed by atoms with Crippen LogP contribution >= 0.6 is 0 Å². The Morgan fingerprint density at radius 2 is 1.81 bits per heavy atom. The minimum Gasteiger partial charge on any atom is -0.497 e. The maximum absolute atomic E-state index is 11.4. The van der Waals surface area contributed by atoms with Gasteiger partial charge in [-0.25, -0.2) is 0 Å². The van der Waals surface area contributed by atoms with Crippen LogP contribution in [0, 0.1) is 0 Å². The van der Waals surface area contributed by atoms with E-state index in [1.165, 1.54) is 5.56 Å². The average Bonchev–Trinajstić information content (AvgIpc) is 2.77. The molecular weight excluding hydrogens is 331 g/mol. The summed E-state index contributed by atoms with van der Waals surface area (Å²) in [5, 5.41) is 0. The maximum atomic E-state index is 11.4. The molecule has 26 heavy (non-hydrogen) atoms. The van der Waals surface area contributed by atoms with Gasteiger partial charge in [-0.3, -0.25) is 4.79 Å². The van der Waals surface area contributed by atoms with Crippen LogP contribution in [-0.2, 0) is 18.8 Å². The van der Waals surface area contributed by atoms with Crippen molar-refractivity contribution in [3.05, 3.63) is 23.8 Å². The van der Waals surface area contributed by atoms with Crippen LogP contribution in [0.15, 0.2) is 18.2 Å². The van der Waals surface area contributed by atoms with Crippen LogP contribution in [0.3, 0.4) is 0 Å². The third kappa shape index (κ3) is 3.49. The van der Waals surface area contributed by atoms with Crippen LogP contribution in [0.2, 0.25) is 0 Å². The molecule has 0 amide bonds. The summed E-state index contributed by atoms with van der Waals surface area (Å²) >= 11 is 0. The van der Waals surface area contributed by atoms with Gasteiger partial charge in [0.05, 0.1) is 18.3 Å². The van der Waals surface area contributed by atoms with Crippen molar-refractivity contribution in [3.63, 3.8) is 0 Å². The number of rotatable bonds is 5. The summed E-state index contributed by atoms with van der Waals surface area (Å²) in [5.41, 5.74) is 1.33. The Morgan fingerprint density at radius 1 is 1.19 bits per heavy atom. The lowest BCUT2D eigenvalue weighted by Crippen LogP contribution is -2.41. The van der Waals surface area contributed by atoms with Gasteiger partial charge in [-0.1, -0.05) is 19.1 Å². The van der Waals surface area contributed by atoms with Gasteiger partial charge in [-0.2, -0.15) is 0 Å². The van der Waals surface area contributed by atoms with E-state index in [2.05, 4.69) is 12.1 Å². The molecule has 2 aliphatic rings. The van der Waals surface area contributed by atoms with Crippen molar-refractivity contribution in [1.82, 2.24) is 0 Å². The number of hydrogen-bond acceptors (Lipinski definition) is 5. The van der Waals surface area contributed by atoms with Gasteiger partial charge >= 0.3 is 13.1 Å². The molecule has 2 fully saturated rings. The lowest BCUT2D eigenvalue weighted by Gasteiger charge is -2.35. The van der Waals surface area contributed by atoms with E-state index in [1.54, 1.807) is 7.11 Å². The number of hydrogen-bond donors (Lipinski definition) is 0. The standard InChI is InChI=1S/C20H29BO5/c1-7-18(22)24-15-10-14(11-15)13-8-9-17(23-6)16(12-13)21-25-19(2,3)20(4,5)26-21/h8-9,12,14-15H,7,10-11H2,1-6H3. The fraction of sp³-hybridized carbons (Fsp3) is 0.650. The van der Waals surface area contributed by atoms with Crippen LogP contribution in [0.1, 0.15) is 65.4 Å². The third-order valence-electron chi connectivity index (χ3n) is 5.91. The molecule has 0 bridgehead atoms. The van der Waals surface area contributed by atoms with Gasteiger partial charge in [-0.15, -0.1) is 0 Å². The van der Waals surface area contributed by atoms with Gasteiger partial charge in [0.1, 0.15) is 11.9 Å². The summed E-state index contributed by atoms with van der Waals surface area (Å²) < 4.78 is 23.3. The van der Waals surface area contributed by atoms with E-state index >= 15 is 0 Å². The Morgan fingerprint density at radius 3 is 2.35 bits per heavy atom. The molecule has 1 aliphatic carbocycles. The van der Waals surface area contributed by atoms with E-state index in [9.17, 15) is 4.79 Å². The van der Waals surface area contributed by atoms with Crippen molar-refractivity contribution in [2.24, 2.45) is 0 Å². The van der Waals surface area contributed by atoms with Crippen LogP contribution in [0.25, 0.3) is 0 Å². The van der Waals surface area contributed by atoms with E-state index in [0.29, 0.717) is 12.3 Å². The molecule has 1 heterocycles. The first-order chi connectivity index (χ1) is 12.2. The Hall–Kier alpha value is -1.53. The molecule has 0 unspecified atom stereocenters. The third-order valence-corrected chi connectivity index (χ3v) is 5.91. The fourth-order valence-corrected chi connectivity index (χ4v) is 3.36. The Kier molecular flexibility index (Phi) is 5.10. The number of carbonyl (C=O) groups is 1. The molecule has 0 atom stereocenters. The smallest absolute Gasteiger partial charge is 0.497 e. The van der Waals surface area contributed by atoms with E-state index in [1.807, 2.05) is 40.7 Å². The molecule has 1 aliphatic heterocycles. The molecule has 1 aromatic carbocycles. The number of carbonyl (C=O) groups excluding carboxylic acids is 1. The topological polar surface area (TPSA) is 54.0 Å². The molecule has 6 heteroatoms. The van der Waals surface area contributed by atoms with Crippen molar-refractivity contribution in [2.45, 2.75) is 77.1 Å². The molecule has 1 saturated heterocycles. The van der Waals surface area contributed by atoms with E-state index < -0.39 is 18.3 Å². The quantitative estimate of drug-likeness (QED) is 0.596. The minimum atomic E-state index is -0.455. The van der Waals surface area contributed by atoms with Crippen LogP contribution < -0.4 is 10.2 Å². The van der Waals surface area contributed by atoms with Crippen molar-refractivity contribution in [2.75, 3.05) is 7.11 Å². The SMILES string of the molecule is CCC(=O)OC1CC(c2ccc(OC)c(B3OC(C)(C)C(C)(C)O3)c2)C1. The van der Waals surface area contributed by atoms with Gasteiger partial charge in [0.2, 0.25) is 0 Å². The fourth-order valence-electron chi connectivity index (χ4n) is 3.36. The predicted octanol–water partition coefficient (Wildman–Crippen LogP) is 3.19. The zero-order chi connectivity index (χ0) is 19.1. The van der Waals surface area contributed by atoms with Crippen molar-refractivity contribution in [3.8, 4) is 5.75 Å². The highest BCUT2D eigenvalue weighted by Crippen LogP contribution is 2.40. The first-order valence-corrected chi connectivity index (χ1v) is 9.40. The van der Waals surface area contributed by atoms with Gasteiger partial charge in [-0.05, 0) is 58.1 Å². The van der Waals surface area contributed by atoms with Gasteiger partial charge in [0, 0.05) is 11.9 Å². The van der Waals surface area contributed by atoms with Crippen LogP contribution in [0.4, 0.5) is 0 Å². The molecule has 0 radical (unpaired) electrons. The molecule has 0 aromatic heterocycles. The second-order valence-electron chi connectivity index (χ2n) is 8.22. The molecule has 0 N–H and O–H groups in total. The van der Waals surface area contributed by atoms with E-state index in [-0.39, 0.29) is 12.1 Å². The lowest BCUT2D eigenvalue weighted by molar-refractivity contribution is -0.153. The summed E-state index contributed by atoms with van der Waals surface area (Å²) in [6.45, 7) is 9.99. The molecule has 3 rings (SSSR count). The minimum absolute atomic E-state index is 0.0369. The molecule has 142 valence electrons. The lowest BCUT2D eigenvalue weighted by atomic mass is 9.72. The number of esters is 1. The van der Waals surface area contributed by atoms with Crippen molar-refractivity contribution < 1.29 is 23.6 Å². The first kappa shape index (κ1) is 19.2. The second-order valence-corrected chi connectivity index (χ2v) is 8.22. The second kappa shape index (κ2) is 6.89. The summed E-state index contributed by atoms with van der Waals surface area (Å²) in [6, 6.07) is 6.17. The summed E-state index contributed by atoms with van der Waals surface area (Å²) in [7, 11) is 1.21. The van der Waals surface area contributed by atoms with Crippen molar-refractivity contribution >= 4 is 18.6 Å². The van der Waals surface area contributed by atoms with Gasteiger partial charge < -0.3 is 18.8 Å². The Balaban J connectivity index is 1.76. The van der Waals surface area contributed by atoms with Gasteiger partial charge in [0.25, 0.3) is 0 Å². The van der Waals surface area contributed by atoms with Crippen molar-refractivity contribution in [1.29, 1.82) is 0 Å². The molecule has 1 aromatic rings. The normalized spacial score (nSPS) is 26.3. The predicted molar refractivity (Wildman–Crippen MR) is 101 cm³/mol. The Labute approximate surface area is 156 Å². The molecule has 1 saturated carbocycles. The molecule has 5 nitrogen and oxygen atoms in total. The Bertz CT molecular complexity index is 663. The van der Waals surface area contributed by atoms with Crippen LogP contribution in [-0.4, -0.2) is 37.5 Å². The van der Waals surface area contributed by atoms with Crippen LogP contribution in [0.5, 0.6) is 5.75 Å². The highest BCUT2D eigenvalue weighted by molar-refractivity contribution is 6.63. The van der Waals surface area contributed by atoms with E-state index in [4.69, 9.17) is 18.8 Å². The highest BCUT2D eigenvalue weighted by atomic mass is 16.7. The number of ether oxygens (including phenoxy) is 2. The monoisotopic (exact) mass is 360 g/mol. The highest BCUT2D eigenvalue weighted by Gasteiger charge is 2.52. The molecular formula is C20H29BO5. The summed E-state index contributed by atoms with van der Waals surface area (Å²) in [6.07, 6.45) is 2.19. The maximum Gasteiger partial charge on any atom is 0.498 e. The average molecular weight is 360 g/mol. The molecule has 0 spiro atoms. The number of benzene rings is 1. The zero-order valence-corrected chi connectivity index (χ0v) is 16.6. The zero-order valence-electron chi connectivity index (χ0n) is 16.6. The van der Waals surface area contributed by atoms with E-state index in [0.717, 1.165) is 24.1 Å². The summed E-state index contributed by atoms with van der Waals surface area (Å²) in [4.78, 5) is 11.4. The first-order valence-electron chi connectivity index (χ1n) is 9.40. The largest absolute Gasteiger partial charge is 0.498 e. The summed E-state index contributed by atoms with van der Waals surface area (Å²) in [5.74, 6) is 1.03.